The Morgan fingerprint density at radius 2 is 2.16 bits per heavy atom. The molecule has 8 heteroatoms. The third-order valence-corrected chi connectivity index (χ3v) is 4.10. The van der Waals surface area contributed by atoms with E-state index in [0.717, 1.165) is 14.8 Å². The Bertz CT molecular complexity index is 748. The molecule has 19 heavy (non-hydrogen) atoms. The van der Waals surface area contributed by atoms with E-state index in [0.29, 0.717) is 16.4 Å². The van der Waals surface area contributed by atoms with Gasteiger partial charge in [-0.05, 0) is 28.9 Å². The molecule has 96 valence electrons. The fraction of sp³-hybridized carbons (Fsp3) is 0.0909. The zero-order chi connectivity index (χ0) is 13.4. The smallest absolute Gasteiger partial charge is 0.265 e. The number of carbonyl (C=O) groups is 1. The quantitative estimate of drug-likeness (QED) is 0.753. The number of aromatic amines is 1. The van der Waals surface area contributed by atoms with E-state index in [4.69, 9.17) is 0 Å². The molecule has 0 aliphatic carbocycles. The predicted octanol–water partition coefficient (Wildman–Crippen LogP) is 2.74. The van der Waals surface area contributed by atoms with Crippen LogP contribution >= 0.6 is 27.3 Å². The molecule has 3 aromatic heterocycles. The van der Waals surface area contributed by atoms with Gasteiger partial charge in [0, 0.05) is 5.39 Å². The van der Waals surface area contributed by atoms with Gasteiger partial charge in [-0.3, -0.25) is 9.89 Å². The van der Waals surface area contributed by atoms with Crippen LogP contribution in [0.5, 0.6) is 0 Å². The molecule has 0 saturated carbocycles. The van der Waals surface area contributed by atoms with Crippen LogP contribution in [-0.4, -0.2) is 26.1 Å². The van der Waals surface area contributed by atoms with E-state index < -0.39 is 0 Å². The van der Waals surface area contributed by atoms with Gasteiger partial charge in [0.05, 0.1) is 23.0 Å². The van der Waals surface area contributed by atoms with E-state index in [1.54, 1.807) is 25.4 Å². The monoisotopic (exact) mass is 337 g/mol. The van der Waals surface area contributed by atoms with Crippen molar-refractivity contribution in [3.63, 3.8) is 0 Å². The zero-order valence-electron chi connectivity index (χ0n) is 9.77. The molecule has 0 fully saturated rings. The number of halogens is 1. The van der Waals surface area contributed by atoms with Crippen molar-refractivity contribution in [2.24, 2.45) is 0 Å². The van der Waals surface area contributed by atoms with Gasteiger partial charge in [-0.1, -0.05) is 0 Å². The van der Waals surface area contributed by atoms with E-state index >= 15 is 0 Å². The number of H-pyrrole nitrogens is 1. The van der Waals surface area contributed by atoms with E-state index in [1.807, 2.05) is 0 Å². The molecule has 0 bridgehead atoms. The standard InChI is InChI=1S/C11H8BrN5OS/c1-5-13-3-6(4-14-5)15-10(18)8-2-7-9(12)16-17-11(7)19-8/h2-4H,1H3,(H,15,18)(H,16,17). The number of hydrogen-bond acceptors (Lipinski definition) is 5. The summed E-state index contributed by atoms with van der Waals surface area (Å²) < 4.78 is 0.775. The molecule has 3 aromatic rings. The maximum Gasteiger partial charge on any atom is 0.265 e. The van der Waals surface area contributed by atoms with Crippen molar-refractivity contribution in [1.29, 1.82) is 0 Å². The summed E-state index contributed by atoms with van der Waals surface area (Å²) in [6.07, 6.45) is 3.16. The van der Waals surface area contributed by atoms with E-state index in [2.05, 4.69) is 41.4 Å². The van der Waals surface area contributed by atoms with Crippen molar-refractivity contribution in [3.8, 4) is 0 Å². The van der Waals surface area contributed by atoms with Crippen LogP contribution in [0.1, 0.15) is 15.5 Å². The second kappa shape index (κ2) is 4.71. The van der Waals surface area contributed by atoms with E-state index in [-0.39, 0.29) is 5.91 Å². The Morgan fingerprint density at radius 1 is 1.42 bits per heavy atom. The number of aromatic nitrogens is 4. The van der Waals surface area contributed by atoms with Crippen molar-refractivity contribution < 1.29 is 4.79 Å². The Morgan fingerprint density at radius 3 is 2.84 bits per heavy atom. The Kier molecular flexibility index (Phi) is 3.03. The molecule has 3 rings (SSSR count). The third-order valence-electron chi connectivity index (χ3n) is 2.47. The molecule has 0 unspecified atom stereocenters. The van der Waals surface area contributed by atoms with Crippen LogP contribution in [0.25, 0.3) is 10.2 Å². The number of rotatable bonds is 2. The highest BCUT2D eigenvalue weighted by Gasteiger charge is 2.14. The van der Waals surface area contributed by atoms with Gasteiger partial charge in [0.2, 0.25) is 0 Å². The SMILES string of the molecule is Cc1ncc(NC(=O)c2cc3c(Br)[nH]nc3s2)cn1. The molecule has 0 atom stereocenters. The number of amides is 1. The van der Waals surface area contributed by atoms with Crippen LogP contribution in [0.15, 0.2) is 23.1 Å². The Labute approximate surface area is 120 Å². The zero-order valence-corrected chi connectivity index (χ0v) is 12.2. The summed E-state index contributed by atoms with van der Waals surface area (Å²) in [4.78, 5) is 21.5. The Hall–Kier alpha value is -1.80. The first-order chi connectivity index (χ1) is 9.13. The number of carbonyl (C=O) groups excluding carboxylic acids is 1. The van der Waals surface area contributed by atoms with E-state index in [9.17, 15) is 4.79 Å². The van der Waals surface area contributed by atoms with Gasteiger partial charge in [0.25, 0.3) is 5.91 Å². The summed E-state index contributed by atoms with van der Waals surface area (Å²) in [5.41, 5.74) is 0.572. The highest BCUT2D eigenvalue weighted by Crippen LogP contribution is 2.29. The summed E-state index contributed by atoms with van der Waals surface area (Å²) in [7, 11) is 0. The number of aryl methyl sites for hydroxylation is 1. The first kappa shape index (κ1) is 12.2. The van der Waals surface area contributed by atoms with E-state index in [1.165, 1.54) is 11.3 Å². The number of nitrogens with one attached hydrogen (secondary N) is 2. The molecule has 3 heterocycles. The van der Waals surface area contributed by atoms with Crippen LogP contribution in [0.2, 0.25) is 0 Å². The molecular weight excluding hydrogens is 330 g/mol. The lowest BCUT2D eigenvalue weighted by atomic mass is 10.3. The first-order valence-electron chi connectivity index (χ1n) is 5.37. The molecule has 2 N–H and O–H groups in total. The third kappa shape index (κ3) is 2.36. The lowest BCUT2D eigenvalue weighted by Gasteiger charge is -2.02. The largest absolute Gasteiger partial charge is 0.319 e. The average Bonchev–Trinajstić information content (AvgIpc) is 2.95. The van der Waals surface area contributed by atoms with Gasteiger partial charge in [-0.25, -0.2) is 9.97 Å². The average molecular weight is 338 g/mol. The van der Waals surface area contributed by atoms with Crippen LogP contribution in [0.4, 0.5) is 5.69 Å². The highest BCUT2D eigenvalue weighted by molar-refractivity contribution is 9.10. The molecule has 0 aliphatic heterocycles. The van der Waals surface area contributed by atoms with Crippen LogP contribution in [0.3, 0.4) is 0 Å². The highest BCUT2D eigenvalue weighted by atomic mass is 79.9. The minimum Gasteiger partial charge on any atom is -0.319 e. The Balaban J connectivity index is 1.85. The van der Waals surface area contributed by atoms with Gasteiger partial charge in [-0.15, -0.1) is 11.3 Å². The molecule has 0 saturated heterocycles. The van der Waals surface area contributed by atoms with Crippen molar-refractivity contribution in [1.82, 2.24) is 20.2 Å². The van der Waals surface area contributed by atoms with Crippen LogP contribution in [-0.2, 0) is 0 Å². The van der Waals surface area contributed by atoms with Gasteiger partial charge < -0.3 is 5.32 Å². The molecule has 0 spiro atoms. The fourth-order valence-electron chi connectivity index (χ4n) is 1.54. The van der Waals surface area contributed by atoms with Crippen LogP contribution < -0.4 is 5.32 Å². The number of anilines is 1. The lowest BCUT2D eigenvalue weighted by molar-refractivity contribution is 0.103. The van der Waals surface area contributed by atoms with Gasteiger partial charge in [0.15, 0.2) is 0 Å². The number of hydrogen-bond donors (Lipinski definition) is 2. The second-order valence-electron chi connectivity index (χ2n) is 3.84. The normalized spacial score (nSPS) is 10.8. The minimum absolute atomic E-state index is 0.192. The van der Waals surface area contributed by atoms with Gasteiger partial charge in [0.1, 0.15) is 15.3 Å². The van der Waals surface area contributed by atoms with Gasteiger partial charge in [-0.2, -0.15) is 5.10 Å². The predicted molar refractivity (Wildman–Crippen MR) is 76.4 cm³/mol. The van der Waals surface area contributed by atoms with Gasteiger partial charge >= 0.3 is 0 Å². The fourth-order valence-corrected chi connectivity index (χ4v) is 2.96. The molecule has 0 aromatic carbocycles. The van der Waals surface area contributed by atoms with Crippen molar-refractivity contribution in [3.05, 3.63) is 33.8 Å². The number of nitrogens with zero attached hydrogens (tertiary/aromatic N) is 3. The number of fused-ring (bicyclic) bond motifs is 1. The van der Waals surface area contributed by atoms with Crippen molar-refractivity contribution >= 4 is 49.1 Å². The summed E-state index contributed by atoms with van der Waals surface area (Å²) in [5.74, 6) is 0.471. The first-order valence-corrected chi connectivity index (χ1v) is 6.98. The maximum absolute atomic E-state index is 12.1. The minimum atomic E-state index is -0.192. The van der Waals surface area contributed by atoms with Crippen LogP contribution in [0, 0.1) is 6.92 Å². The molecule has 6 nitrogen and oxygen atoms in total. The summed E-state index contributed by atoms with van der Waals surface area (Å²) >= 11 is 4.66. The summed E-state index contributed by atoms with van der Waals surface area (Å²) in [6, 6.07) is 1.79. The molecule has 1 amide bonds. The maximum atomic E-state index is 12.1. The van der Waals surface area contributed by atoms with Crippen molar-refractivity contribution in [2.75, 3.05) is 5.32 Å². The number of thiophene rings is 1. The summed E-state index contributed by atoms with van der Waals surface area (Å²) in [6.45, 7) is 1.79. The second-order valence-corrected chi connectivity index (χ2v) is 5.66. The molecule has 0 radical (unpaired) electrons. The van der Waals surface area contributed by atoms with Crippen molar-refractivity contribution in [2.45, 2.75) is 6.92 Å². The summed E-state index contributed by atoms with van der Waals surface area (Å²) in [5, 5.41) is 10.5. The molecule has 0 aliphatic rings. The molecular formula is C11H8BrN5OS. The lowest BCUT2D eigenvalue weighted by Crippen LogP contribution is -2.10. The topological polar surface area (TPSA) is 83.6 Å².